The Morgan fingerprint density at radius 1 is 1.33 bits per heavy atom. The van der Waals surface area contributed by atoms with Gasteiger partial charge in [0.05, 0.1) is 11.6 Å². The third-order valence-electron chi connectivity index (χ3n) is 2.43. The van der Waals surface area contributed by atoms with Crippen LogP contribution >= 0.6 is 0 Å². The Labute approximate surface area is 104 Å². The second-order valence-electron chi connectivity index (χ2n) is 3.64. The maximum absolute atomic E-state index is 10.5. The molecule has 0 atom stereocenters. The minimum absolute atomic E-state index is 0.564. The molecule has 0 saturated heterocycles. The highest BCUT2D eigenvalue weighted by atomic mass is 16.4. The van der Waals surface area contributed by atoms with Gasteiger partial charge in [0.15, 0.2) is 0 Å². The number of nitrogens with zero attached hydrogens (tertiary/aromatic N) is 2. The SMILES string of the molecule is N#Cc1cccc(-n2cccc2/C=C/C(=O)O)c1. The van der Waals surface area contributed by atoms with E-state index in [0.29, 0.717) is 5.56 Å². The molecule has 1 aromatic carbocycles. The summed E-state index contributed by atoms with van der Waals surface area (Å²) in [6, 6.07) is 12.8. The van der Waals surface area contributed by atoms with Gasteiger partial charge in [-0.2, -0.15) is 5.26 Å². The first-order chi connectivity index (χ1) is 8.70. The fraction of sp³-hybridized carbons (Fsp3) is 0. The third-order valence-corrected chi connectivity index (χ3v) is 2.43. The fourth-order valence-corrected chi connectivity index (χ4v) is 1.65. The molecule has 4 nitrogen and oxygen atoms in total. The van der Waals surface area contributed by atoms with Gasteiger partial charge in [-0.25, -0.2) is 4.79 Å². The van der Waals surface area contributed by atoms with Crippen molar-refractivity contribution in [2.75, 3.05) is 0 Å². The van der Waals surface area contributed by atoms with Crippen LogP contribution in [0.5, 0.6) is 0 Å². The second kappa shape index (κ2) is 5.02. The Kier molecular flexibility index (Phi) is 3.26. The molecule has 0 fully saturated rings. The van der Waals surface area contributed by atoms with Crippen LogP contribution < -0.4 is 0 Å². The molecule has 2 rings (SSSR count). The van der Waals surface area contributed by atoms with Crippen molar-refractivity contribution >= 4 is 12.0 Å². The number of nitriles is 1. The van der Waals surface area contributed by atoms with E-state index in [4.69, 9.17) is 10.4 Å². The summed E-state index contributed by atoms with van der Waals surface area (Å²) in [5.41, 5.74) is 2.13. The first kappa shape index (κ1) is 11.7. The molecule has 18 heavy (non-hydrogen) atoms. The molecule has 1 heterocycles. The summed E-state index contributed by atoms with van der Waals surface area (Å²) < 4.78 is 1.82. The molecular formula is C14H10N2O2. The topological polar surface area (TPSA) is 66.0 Å². The fourth-order valence-electron chi connectivity index (χ4n) is 1.65. The Hall–Kier alpha value is -2.80. The number of carboxylic acids is 1. The van der Waals surface area contributed by atoms with Gasteiger partial charge >= 0.3 is 5.97 Å². The Balaban J connectivity index is 2.42. The Bertz CT molecular complexity index is 648. The molecule has 1 aromatic heterocycles. The quantitative estimate of drug-likeness (QED) is 0.835. The van der Waals surface area contributed by atoms with Crippen molar-refractivity contribution < 1.29 is 9.90 Å². The van der Waals surface area contributed by atoms with E-state index in [2.05, 4.69) is 6.07 Å². The number of aliphatic carboxylic acids is 1. The molecule has 0 radical (unpaired) electrons. The zero-order valence-electron chi connectivity index (χ0n) is 9.45. The lowest BCUT2D eigenvalue weighted by Gasteiger charge is -2.06. The van der Waals surface area contributed by atoms with E-state index in [1.807, 2.05) is 22.9 Å². The highest BCUT2D eigenvalue weighted by Gasteiger charge is 2.02. The van der Waals surface area contributed by atoms with E-state index in [-0.39, 0.29) is 0 Å². The number of carboxylic acid groups (broad SMARTS) is 1. The normalized spacial score (nSPS) is 10.4. The second-order valence-corrected chi connectivity index (χ2v) is 3.64. The predicted molar refractivity (Wildman–Crippen MR) is 67.2 cm³/mol. The van der Waals surface area contributed by atoms with Crippen LogP contribution in [0, 0.1) is 11.3 Å². The molecule has 0 aliphatic heterocycles. The summed E-state index contributed by atoms with van der Waals surface area (Å²) in [5, 5.41) is 17.5. The lowest BCUT2D eigenvalue weighted by molar-refractivity contribution is -0.131. The molecule has 0 aliphatic carbocycles. The summed E-state index contributed by atoms with van der Waals surface area (Å²) in [7, 11) is 0. The van der Waals surface area contributed by atoms with Crippen LogP contribution in [-0.4, -0.2) is 15.6 Å². The van der Waals surface area contributed by atoms with Crippen molar-refractivity contribution in [2.24, 2.45) is 0 Å². The van der Waals surface area contributed by atoms with Gasteiger partial charge in [-0.05, 0) is 36.4 Å². The maximum atomic E-state index is 10.5. The van der Waals surface area contributed by atoms with E-state index < -0.39 is 5.97 Å². The summed E-state index contributed by atoms with van der Waals surface area (Å²) in [6.07, 6.45) is 4.42. The highest BCUT2D eigenvalue weighted by molar-refractivity contribution is 5.85. The van der Waals surface area contributed by atoms with E-state index >= 15 is 0 Å². The van der Waals surface area contributed by atoms with Crippen LogP contribution in [0.1, 0.15) is 11.3 Å². The first-order valence-electron chi connectivity index (χ1n) is 5.29. The molecule has 0 saturated carbocycles. The minimum Gasteiger partial charge on any atom is -0.478 e. The van der Waals surface area contributed by atoms with Crippen molar-refractivity contribution in [1.82, 2.24) is 4.57 Å². The highest BCUT2D eigenvalue weighted by Crippen LogP contribution is 2.15. The average Bonchev–Trinajstić information content (AvgIpc) is 2.84. The number of rotatable bonds is 3. The molecule has 0 spiro atoms. The van der Waals surface area contributed by atoms with E-state index in [9.17, 15) is 4.79 Å². The van der Waals surface area contributed by atoms with Gasteiger partial charge in [0.1, 0.15) is 0 Å². The van der Waals surface area contributed by atoms with Crippen molar-refractivity contribution in [3.8, 4) is 11.8 Å². The summed E-state index contributed by atoms with van der Waals surface area (Å²) in [5.74, 6) is -0.992. The molecule has 2 aromatic rings. The maximum Gasteiger partial charge on any atom is 0.328 e. The standard InChI is InChI=1S/C14H10N2O2/c15-10-11-3-1-4-13(9-11)16-8-2-5-12(16)6-7-14(17)18/h1-9H,(H,17,18)/b7-6+. The third kappa shape index (κ3) is 2.47. The van der Waals surface area contributed by atoms with Gasteiger partial charge in [0, 0.05) is 23.7 Å². The predicted octanol–water partition coefficient (Wildman–Crippen LogP) is 2.45. The number of aromatic nitrogens is 1. The van der Waals surface area contributed by atoms with Crippen molar-refractivity contribution in [3.05, 3.63) is 59.9 Å². The monoisotopic (exact) mass is 238 g/mol. The molecule has 1 N–H and O–H groups in total. The van der Waals surface area contributed by atoms with Gasteiger partial charge in [-0.15, -0.1) is 0 Å². The van der Waals surface area contributed by atoms with Crippen LogP contribution in [0.15, 0.2) is 48.7 Å². The van der Waals surface area contributed by atoms with E-state index in [1.54, 1.807) is 24.3 Å². The van der Waals surface area contributed by atoms with Crippen molar-refractivity contribution in [2.45, 2.75) is 0 Å². The van der Waals surface area contributed by atoms with Gasteiger partial charge in [0.2, 0.25) is 0 Å². The molecule has 0 bridgehead atoms. The van der Waals surface area contributed by atoms with E-state index in [0.717, 1.165) is 17.5 Å². The van der Waals surface area contributed by atoms with Gasteiger partial charge in [-0.1, -0.05) is 6.07 Å². The Morgan fingerprint density at radius 3 is 2.89 bits per heavy atom. The van der Waals surface area contributed by atoms with Gasteiger partial charge in [-0.3, -0.25) is 0 Å². The summed E-state index contributed by atoms with van der Waals surface area (Å²) in [4.78, 5) is 10.5. The zero-order valence-corrected chi connectivity index (χ0v) is 9.45. The van der Waals surface area contributed by atoms with Crippen LogP contribution in [0.25, 0.3) is 11.8 Å². The van der Waals surface area contributed by atoms with Gasteiger partial charge < -0.3 is 9.67 Å². The molecule has 4 heteroatoms. The lowest BCUT2D eigenvalue weighted by atomic mass is 10.2. The largest absolute Gasteiger partial charge is 0.478 e. The number of carbonyl (C=O) groups is 1. The van der Waals surface area contributed by atoms with Crippen LogP contribution in [0.4, 0.5) is 0 Å². The van der Waals surface area contributed by atoms with Crippen LogP contribution in [-0.2, 0) is 4.79 Å². The van der Waals surface area contributed by atoms with Crippen LogP contribution in [0.2, 0.25) is 0 Å². The average molecular weight is 238 g/mol. The first-order valence-corrected chi connectivity index (χ1v) is 5.29. The van der Waals surface area contributed by atoms with Crippen molar-refractivity contribution in [1.29, 1.82) is 5.26 Å². The number of hydrogen-bond donors (Lipinski definition) is 1. The zero-order chi connectivity index (χ0) is 13.0. The summed E-state index contributed by atoms with van der Waals surface area (Å²) in [6.45, 7) is 0. The smallest absolute Gasteiger partial charge is 0.328 e. The summed E-state index contributed by atoms with van der Waals surface area (Å²) >= 11 is 0. The molecule has 88 valence electrons. The lowest BCUT2D eigenvalue weighted by Crippen LogP contribution is -1.95. The molecule has 0 unspecified atom stereocenters. The molecule has 0 amide bonds. The van der Waals surface area contributed by atoms with Gasteiger partial charge in [0.25, 0.3) is 0 Å². The number of benzene rings is 1. The molecular weight excluding hydrogens is 228 g/mol. The van der Waals surface area contributed by atoms with Crippen molar-refractivity contribution in [3.63, 3.8) is 0 Å². The van der Waals surface area contributed by atoms with Crippen LogP contribution in [0.3, 0.4) is 0 Å². The number of hydrogen-bond acceptors (Lipinski definition) is 2. The van der Waals surface area contributed by atoms with E-state index in [1.165, 1.54) is 6.08 Å². The molecule has 0 aliphatic rings. The minimum atomic E-state index is -0.992. The Morgan fingerprint density at radius 2 is 2.17 bits per heavy atom.